The number of likely N-dealkylation sites (tertiary alicyclic amines) is 1. The molecule has 10 heteroatoms. The molecule has 2 unspecified atom stereocenters. The van der Waals surface area contributed by atoms with E-state index in [0.717, 1.165) is 30.5 Å². The van der Waals surface area contributed by atoms with E-state index in [1.54, 1.807) is 14.2 Å². The van der Waals surface area contributed by atoms with Crippen LogP contribution in [-0.4, -0.2) is 61.5 Å². The summed E-state index contributed by atoms with van der Waals surface area (Å²) < 4.78 is 27.6. The number of piperidine rings is 1. The van der Waals surface area contributed by atoms with Gasteiger partial charge in [0.25, 0.3) is 0 Å². The summed E-state index contributed by atoms with van der Waals surface area (Å²) in [7, 11) is 3.18. The fourth-order valence-electron chi connectivity index (χ4n) is 4.77. The van der Waals surface area contributed by atoms with Crippen LogP contribution in [0, 0.1) is 5.92 Å². The lowest BCUT2D eigenvalue weighted by atomic mass is 9.96. The van der Waals surface area contributed by atoms with Crippen molar-refractivity contribution < 1.29 is 28.3 Å². The second-order valence-corrected chi connectivity index (χ2v) is 9.46. The average molecular weight is 539 g/mol. The van der Waals surface area contributed by atoms with Crippen molar-refractivity contribution in [1.82, 2.24) is 20.4 Å². The first-order valence-corrected chi connectivity index (χ1v) is 13.4. The number of nitrogens with zero attached hydrogens (tertiary/aromatic N) is 3. The Morgan fingerprint density at radius 1 is 1.05 bits per heavy atom. The molecule has 0 saturated carbocycles. The van der Waals surface area contributed by atoms with Crippen LogP contribution in [0.2, 0.25) is 0 Å². The Hall–Kier alpha value is -3.79. The van der Waals surface area contributed by atoms with Crippen LogP contribution in [-0.2, 0) is 11.3 Å². The van der Waals surface area contributed by atoms with E-state index in [2.05, 4.69) is 20.4 Å². The number of aromatic nitrogens is 2. The molecule has 4 rings (SSSR count). The minimum absolute atomic E-state index is 0.0376. The Morgan fingerprint density at radius 2 is 1.79 bits per heavy atom. The molecular weight excluding hydrogens is 500 g/mol. The standard InChI is InChI=1S/C29H38N4O6/c1-6-37-24-13-10-20(15-26(24)38-7-2)19(3)30-29(34)22-9-8-14-33(17-22)18-27-31-28(32-39-27)21-11-12-23(35-4)25(16-21)36-5/h10-13,15-16,19,22H,6-9,14,17-18H2,1-5H3,(H,30,34). The topological polar surface area (TPSA) is 108 Å². The van der Waals surface area contributed by atoms with Crippen LogP contribution < -0.4 is 24.3 Å². The number of hydrogen-bond acceptors (Lipinski definition) is 9. The van der Waals surface area contributed by atoms with Crippen molar-refractivity contribution in [2.45, 2.75) is 46.2 Å². The van der Waals surface area contributed by atoms with Gasteiger partial charge >= 0.3 is 0 Å². The van der Waals surface area contributed by atoms with Crippen molar-refractivity contribution in [3.05, 3.63) is 47.9 Å². The number of hydrogen-bond donors (Lipinski definition) is 1. The summed E-state index contributed by atoms with van der Waals surface area (Å²) in [6.07, 6.45) is 1.75. The van der Waals surface area contributed by atoms with Crippen LogP contribution in [0.15, 0.2) is 40.9 Å². The molecule has 2 atom stereocenters. The number of carbonyl (C=O) groups excluding carboxylic acids is 1. The molecule has 1 amide bonds. The first kappa shape index (κ1) is 28.2. The molecule has 3 aromatic rings. The van der Waals surface area contributed by atoms with Crippen LogP contribution in [0.25, 0.3) is 11.4 Å². The molecule has 0 spiro atoms. The van der Waals surface area contributed by atoms with E-state index in [1.165, 1.54) is 0 Å². The van der Waals surface area contributed by atoms with E-state index >= 15 is 0 Å². The summed E-state index contributed by atoms with van der Waals surface area (Å²) >= 11 is 0. The summed E-state index contributed by atoms with van der Waals surface area (Å²) in [5.41, 5.74) is 1.74. The average Bonchev–Trinajstić information content (AvgIpc) is 3.42. The number of rotatable bonds is 12. The van der Waals surface area contributed by atoms with Crippen molar-refractivity contribution >= 4 is 5.91 Å². The molecule has 2 heterocycles. The van der Waals surface area contributed by atoms with Crippen LogP contribution in [0.1, 0.15) is 51.1 Å². The van der Waals surface area contributed by atoms with E-state index in [-0.39, 0.29) is 17.9 Å². The van der Waals surface area contributed by atoms with Gasteiger partial charge in [-0.3, -0.25) is 9.69 Å². The molecule has 1 aromatic heterocycles. The quantitative estimate of drug-likeness (QED) is 0.353. The molecule has 2 aromatic carbocycles. The lowest BCUT2D eigenvalue weighted by Crippen LogP contribution is -2.43. The van der Waals surface area contributed by atoms with Gasteiger partial charge < -0.3 is 28.8 Å². The van der Waals surface area contributed by atoms with E-state index < -0.39 is 0 Å². The maximum atomic E-state index is 13.2. The Bertz CT molecular complexity index is 1250. The van der Waals surface area contributed by atoms with Gasteiger partial charge in [0.1, 0.15) is 0 Å². The minimum Gasteiger partial charge on any atom is -0.493 e. The molecule has 1 aliphatic heterocycles. The fourth-order valence-corrected chi connectivity index (χ4v) is 4.77. The van der Waals surface area contributed by atoms with Crippen LogP contribution >= 0.6 is 0 Å². The summed E-state index contributed by atoms with van der Waals surface area (Å²) in [6, 6.07) is 11.1. The van der Waals surface area contributed by atoms with Crippen LogP contribution in [0.3, 0.4) is 0 Å². The third kappa shape index (κ3) is 7.00. The predicted molar refractivity (Wildman–Crippen MR) is 146 cm³/mol. The highest BCUT2D eigenvalue weighted by Crippen LogP contribution is 2.32. The summed E-state index contributed by atoms with van der Waals surface area (Å²) in [5.74, 6) is 3.53. The third-order valence-corrected chi connectivity index (χ3v) is 6.77. The van der Waals surface area contributed by atoms with E-state index in [9.17, 15) is 4.79 Å². The zero-order chi connectivity index (χ0) is 27.8. The SMILES string of the molecule is CCOc1ccc(C(C)NC(=O)C2CCCN(Cc3nc(-c4ccc(OC)c(OC)c4)no3)C2)cc1OCC. The zero-order valence-electron chi connectivity index (χ0n) is 23.4. The van der Waals surface area contributed by atoms with E-state index in [1.807, 2.05) is 57.2 Å². The lowest BCUT2D eigenvalue weighted by molar-refractivity contribution is -0.127. The largest absolute Gasteiger partial charge is 0.493 e. The molecule has 210 valence electrons. The molecule has 1 saturated heterocycles. The normalized spacial score (nSPS) is 16.4. The lowest BCUT2D eigenvalue weighted by Gasteiger charge is -2.31. The van der Waals surface area contributed by atoms with Crippen molar-refractivity contribution in [2.75, 3.05) is 40.5 Å². The van der Waals surface area contributed by atoms with Crippen LogP contribution in [0.4, 0.5) is 0 Å². The second kappa shape index (κ2) is 13.3. The first-order chi connectivity index (χ1) is 18.9. The monoisotopic (exact) mass is 538 g/mol. The number of nitrogens with one attached hydrogen (secondary N) is 1. The smallest absolute Gasteiger partial charge is 0.241 e. The molecule has 0 radical (unpaired) electrons. The van der Waals surface area contributed by atoms with Gasteiger partial charge in [0.2, 0.25) is 17.6 Å². The van der Waals surface area contributed by atoms with Crippen molar-refractivity contribution in [1.29, 1.82) is 0 Å². The highest BCUT2D eigenvalue weighted by molar-refractivity contribution is 5.79. The van der Waals surface area contributed by atoms with Crippen molar-refractivity contribution in [3.63, 3.8) is 0 Å². The van der Waals surface area contributed by atoms with Crippen molar-refractivity contribution in [3.8, 4) is 34.4 Å². The number of amides is 1. The summed E-state index contributed by atoms with van der Waals surface area (Å²) in [6.45, 7) is 8.94. The Kier molecular flexibility index (Phi) is 9.64. The third-order valence-electron chi connectivity index (χ3n) is 6.77. The van der Waals surface area contributed by atoms with Gasteiger partial charge in [-0.1, -0.05) is 11.2 Å². The first-order valence-electron chi connectivity index (χ1n) is 13.4. The summed E-state index contributed by atoms with van der Waals surface area (Å²) in [4.78, 5) is 20.0. The fraction of sp³-hybridized carbons (Fsp3) is 0.483. The molecule has 10 nitrogen and oxygen atoms in total. The molecule has 1 N–H and O–H groups in total. The van der Waals surface area contributed by atoms with Gasteiger partial charge in [0.15, 0.2) is 23.0 Å². The molecule has 1 fully saturated rings. The maximum Gasteiger partial charge on any atom is 0.241 e. The van der Waals surface area contributed by atoms with Gasteiger partial charge in [0, 0.05) is 12.1 Å². The van der Waals surface area contributed by atoms with E-state index in [0.29, 0.717) is 61.0 Å². The van der Waals surface area contributed by atoms with Gasteiger partial charge in [-0.2, -0.15) is 4.98 Å². The molecule has 0 bridgehead atoms. The highest BCUT2D eigenvalue weighted by atomic mass is 16.5. The Balaban J connectivity index is 1.36. The van der Waals surface area contributed by atoms with Crippen LogP contribution in [0.5, 0.6) is 23.0 Å². The molecule has 1 aliphatic rings. The molecule has 39 heavy (non-hydrogen) atoms. The number of methoxy groups -OCH3 is 2. The van der Waals surface area contributed by atoms with Gasteiger partial charge in [-0.25, -0.2) is 0 Å². The number of ether oxygens (including phenoxy) is 4. The van der Waals surface area contributed by atoms with Gasteiger partial charge in [-0.05, 0) is 76.1 Å². The Labute approximate surface area is 229 Å². The summed E-state index contributed by atoms with van der Waals surface area (Å²) in [5, 5.41) is 7.32. The molecule has 0 aliphatic carbocycles. The zero-order valence-corrected chi connectivity index (χ0v) is 23.4. The number of carbonyl (C=O) groups is 1. The Morgan fingerprint density at radius 3 is 2.54 bits per heavy atom. The van der Waals surface area contributed by atoms with Gasteiger partial charge in [0.05, 0.1) is 45.9 Å². The van der Waals surface area contributed by atoms with Crippen molar-refractivity contribution in [2.24, 2.45) is 5.92 Å². The number of benzene rings is 2. The highest BCUT2D eigenvalue weighted by Gasteiger charge is 2.28. The maximum absolute atomic E-state index is 13.2. The molecular formula is C29H38N4O6. The van der Waals surface area contributed by atoms with Gasteiger partial charge in [-0.15, -0.1) is 0 Å². The van der Waals surface area contributed by atoms with E-state index in [4.69, 9.17) is 23.5 Å². The second-order valence-electron chi connectivity index (χ2n) is 9.46. The predicted octanol–water partition coefficient (Wildman–Crippen LogP) is 4.64. The minimum atomic E-state index is -0.164.